The van der Waals surface area contributed by atoms with Gasteiger partial charge in [0.05, 0.1) is 5.56 Å². The van der Waals surface area contributed by atoms with Crippen molar-refractivity contribution >= 4 is 5.91 Å². The predicted molar refractivity (Wildman–Crippen MR) is 59.7 cm³/mol. The van der Waals surface area contributed by atoms with Crippen molar-refractivity contribution in [3.05, 3.63) is 30.1 Å². The van der Waals surface area contributed by atoms with Crippen molar-refractivity contribution in [2.45, 2.75) is 32.6 Å². The molecule has 1 heterocycles. The Bertz CT molecular complexity index is 285. The number of hydrogen-bond acceptors (Lipinski definition) is 2. The van der Waals surface area contributed by atoms with Crippen molar-refractivity contribution in [2.24, 2.45) is 0 Å². The van der Waals surface area contributed by atoms with Crippen LogP contribution in [0, 0.1) is 0 Å². The van der Waals surface area contributed by atoms with E-state index >= 15 is 0 Å². The zero-order valence-electron chi connectivity index (χ0n) is 9.15. The van der Waals surface area contributed by atoms with Gasteiger partial charge in [0.25, 0.3) is 5.91 Å². The first-order valence-corrected chi connectivity index (χ1v) is 5.46. The molecule has 1 rings (SSSR count). The molecule has 81 valence electrons. The Morgan fingerprint density at radius 3 is 2.93 bits per heavy atom. The Kier molecular flexibility index (Phi) is 5.44. The van der Waals surface area contributed by atoms with Crippen LogP contribution in [0.25, 0.3) is 0 Å². The summed E-state index contributed by atoms with van der Waals surface area (Å²) >= 11 is 0. The van der Waals surface area contributed by atoms with E-state index in [1.165, 1.54) is 12.8 Å². The van der Waals surface area contributed by atoms with Crippen molar-refractivity contribution < 1.29 is 4.79 Å². The second-order valence-electron chi connectivity index (χ2n) is 3.49. The Labute approximate surface area is 90.9 Å². The van der Waals surface area contributed by atoms with E-state index < -0.39 is 0 Å². The second kappa shape index (κ2) is 6.98. The first-order chi connectivity index (χ1) is 7.34. The summed E-state index contributed by atoms with van der Waals surface area (Å²) in [6.45, 7) is 2.80. The summed E-state index contributed by atoms with van der Waals surface area (Å²) in [7, 11) is 0. The van der Waals surface area contributed by atoms with Crippen LogP contribution in [-0.2, 0) is 0 Å². The summed E-state index contributed by atoms with van der Waals surface area (Å²) < 4.78 is 0. The van der Waals surface area contributed by atoms with Crippen molar-refractivity contribution in [1.29, 1.82) is 0 Å². The van der Waals surface area contributed by atoms with Crippen LogP contribution in [-0.4, -0.2) is 17.4 Å². The highest BCUT2D eigenvalue weighted by Crippen LogP contribution is 1.99. The van der Waals surface area contributed by atoms with Gasteiger partial charge in [0.2, 0.25) is 0 Å². The van der Waals surface area contributed by atoms with E-state index in [0.29, 0.717) is 12.1 Å². The smallest absolute Gasteiger partial charge is 0.267 e. The van der Waals surface area contributed by atoms with Crippen molar-refractivity contribution in [2.75, 3.05) is 6.54 Å². The Morgan fingerprint density at radius 2 is 2.27 bits per heavy atom. The number of amides is 1. The molecule has 0 fully saturated rings. The largest absolute Gasteiger partial charge is 0.274 e. The lowest BCUT2D eigenvalue weighted by Gasteiger charge is -2.01. The van der Waals surface area contributed by atoms with Crippen LogP contribution in [0.4, 0.5) is 0 Å². The Morgan fingerprint density at radius 1 is 1.40 bits per heavy atom. The van der Waals surface area contributed by atoms with E-state index in [-0.39, 0.29) is 5.91 Å². The number of unbranched alkanes of at least 4 members (excludes halogenated alkanes) is 3. The number of carbonyl (C=O) groups excluding carboxylic acids is 1. The van der Waals surface area contributed by atoms with Crippen LogP contribution in [0.1, 0.15) is 43.0 Å². The van der Waals surface area contributed by atoms with Crippen molar-refractivity contribution in [1.82, 2.24) is 10.3 Å². The van der Waals surface area contributed by atoms with E-state index in [2.05, 4.69) is 17.2 Å². The number of hydrogen-bond donors (Lipinski definition) is 0. The van der Waals surface area contributed by atoms with Gasteiger partial charge in [-0.05, 0) is 18.6 Å². The van der Waals surface area contributed by atoms with Crippen LogP contribution in [0.15, 0.2) is 24.5 Å². The molecule has 1 radical (unpaired) electrons. The number of nitrogens with zero attached hydrogens (tertiary/aromatic N) is 2. The Balaban J connectivity index is 2.20. The van der Waals surface area contributed by atoms with Gasteiger partial charge in [0, 0.05) is 18.9 Å². The molecular formula is C12H17N2O. The minimum absolute atomic E-state index is 0.153. The second-order valence-corrected chi connectivity index (χ2v) is 3.49. The average Bonchev–Trinajstić information content (AvgIpc) is 2.30. The van der Waals surface area contributed by atoms with E-state index in [9.17, 15) is 4.79 Å². The van der Waals surface area contributed by atoms with E-state index in [1.807, 2.05) is 0 Å². The predicted octanol–water partition coefficient (Wildman–Crippen LogP) is 2.41. The molecule has 3 nitrogen and oxygen atoms in total. The molecule has 1 amide bonds. The topological polar surface area (TPSA) is 44.1 Å². The fourth-order valence-corrected chi connectivity index (χ4v) is 1.30. The fraction of sp³-hybridized carbons (Fsp3) is 0.500. The SMILES string of the molecule is CCCCCC[N]C(=O)c1cccnc1. The summed E-state index contributed by atoms with van der Waals surface area (Å²) in [5, 5.41) is 3.99. The normalized spacial score (nSPS) is 9.93. The van der Waals surface area contributed by atoms with E-state index in [1.54, 1.807) is 24.5 Å². The van der Waals surface area contributed by atoms with Crippen LogP contribution in [0.2, 0.25) is 0 Å². The van der Waals surface area contributed by atoms with Crippen LogP contribution < -0.4 is 5.32 Å². The Hall–Kier alpha value is -1.38. The quantitative estimate of drug-likeness (QED) is 0.669. The zero-order valence-corrected chi connectivity index (χ0v) is 9.15. The third-order valence-corrected chi connectivity index (χ3v) is 2.18. The lowest BCUT2D eigenvalue weighted by Crippen LogP contribution is -2.16. The molecule has 0 aromatic carbocycles. The summed E-state index contributed by atoms with van der Waals surface area (Å²) in [6, 6.07) is 3.49. The first kappa shape index (κ1) is 11.7. The minimum Gasteiger partial charge on any atom is -0.267 e. The van der Waals surface area contributed by atoms with Gasteiger partial charge in [-0.25, -0.2) is 5.32 Å². The van der Waals surface area contributed by atoms with Gasteiger partial charge in [0.15, 0.2) is 0 Å². The molecule has 0 unspecified atom stereocenters. The highest BCUT2D eigenvalue weighted by atomic mass is 16.1. The van der Waals surface area contributed by atoms with Gasteiger partial charge < -0.3 is 0 Å². The van der Waals surface area contributed by atoms with Gasteiger partial charge in [-0.3, -0.25) is 9.78 Å². The van der Waals surface area contributed by atoms with E-state index in [0.717, 1.165) is 12.8 Å². The van der Waals surface area contributed by atoms with Gasteiger partial charge in [0.1, 0.15) is 0 Å². The number of pyridine rings is 1. The lowest BCUT2D eigenvalue weighted by molar-refractivity contribution is 0.0948. The van der Waals surface area contributed by atoms with Crippen LogP contribution in [0.3, 0.4) is 0 Å². The molecule has 0 aliphatic heterocycles. The molecule has 0 atom stereocenters. The molecule has 0 N–H and O–H groups in total. The average molecular weight is 205 g/mol. The van der Waals surface area contributed by atoms with Crippen molar-refractivity contribution in [3.8, 4) is 0 Å². The maximum Gasteiger partial charge on any atom is 0.274 e. The molecule has 0 spiro atoms. The molecule has 0 bridgehead atoms. The zero-order chi connectivity index (χ0) is 10.9. The third-order valence-electron chi connectivity index (χ3n) is 2.18. The van der Waals surface area contributed by atoms with Crippen LogP contribution >= 0.6 is 0 Å². The van der Waals surface area contributed by atoms with Gasteiger partial charge >= 0.3 is 0 Å². The molecule has 0 aliphatic rings. The molecular weight excluding hydrogens is 188 g/mol. The minimum atomic E-state index is -0.153. The van der Waals surface area contributed by atoms with Crippen molar-refractivity contribution in [3.63, 3.8) is 0 Å². The van der Waals surface area contributed by atoms with Gasteiger partial charge in [-0.1, -0.05) is 26.2 Å². The molecule has 15 heavy (non-hydrogen) atoms. The first-order valence-electron chi connectivity index (χ1n) is 5.46. The number of aromatic nitrogens is 1. The number of rotatable bonds is 6. The molecule has 1 aromatic rings. The summed E-state index contributed by atoms with van der Waals surface area (Å²) in [5.74, 6) is -0.153. The molecule has 3 heteroatoms. The van der Waals surface area contributed by atoms with Gasteiger partial charge in [-0.15, -0.1) is 0 Å². The monoisotopic (exact) mass is 205 g/mol. The standard InChI is InChI=1S/C12H17N2O/c1-2-3-4-5-9-14-12(15)11-7-6-8-13-10-11/h6-8,10H,2-5,9H2,1H3. The van der Waals surface area contributed by atoms with Gasteiger partial charge in [-0.2, -0.15) is 0 Å². The van der Waals surface area contributed by atoms with Crippen LogP contribution in [0.5, 0.6) is 0 Å². The summed E-state index contributed by atoms with van der Waals surface area (Å²) in [6.07, 6.45) is 7.78. The summed E-state index contributed by atoms with van der Waals surface area (Å²) in [4.78, 5) is 15.4. The molecule has 1 aromatic heterocycles. The molecule has 0 saturated carbocycles. The lowest BCUT2D eigenvalue weighted by atomic mass is 10.2. The highest BCUT2D eigenvalue weighted by Gasteiger charge is 2.04. The molecule has 0 aliphatic carbocycles. The third kappa shape index (κ3) is 4.58. The fourth-order valence-electron chi connectivity index (χ4n) is 1.30. The maximum atomic E-state index is 11.5. The molecule has 0 saturated heterocycles. The highest BCUT2D eigenvalue weighted by molar-refractivity contribution is 5.93. The number of carbonyl (C=O) groups is 1. The summed E-state index contributed by atoms with van der Waals surface area (Å²) in [5.41, 5.74) is 0.577. The van der Waals surface area contributed by atoms with E-state index in [4.69, 9.17) is 0 Å². The maximum absolute atomic E-state index is 11.5.